The number of halogens is 2. The molecule has 8 heteroatoms. The molecule has 0 aliphatic rings. The quantitative estimate of drug-likeness (QED) is 0.772. The first kappa shape index (κ1) is 16.6. The van der Waals surface area contributed by atoms with Crippen LogP contribution in [0.4, 0.5) is 14.5 Å². The Bertz CT molecular complexity index is 865. The Morgan fingerprint density at radius 1 is 1.12 bits per heavy atom. The van der Waals surface area contributed by atoms with E-state index in [4.69, 9.17) is 4.74 Å². The molecule has 0 aliphatic carbocycles. The molecule has 0 aliphatic heterocycles. The van der Waals surface area contributed by atoms with Crippen LogP contribution in [0.5, 0.6) is 5.75 Å². The molecule has 0 radical (unpaired) electrons. The molecule has 1 aromatic heterocycles. The summed E-state index contributed by atoms with van der Waals surface area (Å²) in [7, 11) is 1.43. The number of hydrogen-bond acceptors (Lipinski definition) is 4. The highest BCUT2D eigenvalue weighted by Gasteiger charge is 2.40. The molecule has 0 fully saturated rings. The fourth-order valence-corrected chi connectivity index (χ4v) is 2.22. The lowest BCUT2D eigenvalue weighted by molar-refractivity contribution is -0.140. The molecule has 1 amide bonds. The van der Waals surface area contributed by atoms with E-state index < -0.39 is 17.4 Å². The number of methoxy groups -OCH3 is 1. The molecule has 2 aromatic carbocycles. The number of hydrogen-bond donors (Lipinski definition) is 1. The lowest BCUT2D eigenvalue weighted by Crippen LogP contribution is -2.32. The SMILES string of the molecule is COc1ccc(C(F)(F)C(=O)Nc2cccc(-n3cnnc3)c2)cc1. The average Bonchev–Trinajstić information content (AvgIpc) is 3.16. The normalized spacial score (nSPS) is 11.2. The second-order valence-electron chi connectivity index (χ2n) is 5.18. The summed E-state index contributed by atoms with van der Waals surface area (Å²) in [6.45, 7) is 0. The summed E-state index contributed by atoms with van der Waals surface area (Å²) >= 11 is 0. The number of anilines is 1. The van der Waals surface area contributed by atoms with Crippen LogP contribution in [0.1, 0.15) is 5.56 Å². The molecule has 1 N–H and O–H groups in total. The van der Waals surface area contributed by atoms with Crippen LogP contribution in [0.3, 0.4) is 0 Å². The number of nitrogens with one attached hydrogen (secondary N) is 1. The molecule has 1 heterocycles. The number of ether oxygens (including phenoxy) is 1. The van der Waals surface area contributed by atoms with Crippen LogP contribution in [-0.2, 0) is 10.7 Å². The van der Waals surface area contributed by atoms with Crippen LogP contribution in [0.25, 0.3) is 5.69 Å². The van der Waals surface area contributed by atoms with Gasteiger partial charge in [-0.05, 0) is 42.5 Å². The highest BCUT2D eigenvalue weighted by atomic mass is 19.3. The minimum Gasteiger partial charge on any atom is -0.497 e. The molecule has 0 atom stereocenters. The van der Waals surface area contributed by atoms with E-state index in [1.54, 1.807) is 22.8 Å². The van der Waals surface area contributed by atoms with Gasteiger partial charge in [-0.3, -0.25) is 9.36 Å². The first-order chi connectivity index (χ1) is 12.0. The van der Waals surface area contributed by atoms with E-state index >= 15 is 0 Å². The highest BCUT2D eigenvalue weighted by Crippen LogP contribution is 2.31. The van der Waals surface area contributed by atoms with Gasteiger partial charge in [0.05, 0.1) is 12.8 Å². The molecule has 0 saturated heterocycles. The Labute approximate surface area is 142 Å². The predicted octanol–water partition coefficient (Wildman–Crippen LogP) is 3.01. The van der Waals surface area contributed by atoms with Crippen molar-refractivity contribution in [1.82, 2.24) is 14.8 Å². The van der Waals surface area contributed by atoms with Crippen molar-refractivity contribution in [3.63, 3.8) is 0 Å². The van der Waals surface area contributed by atoms with Gasteiger partial charge in [0, 0.05) is 11.3 Å². The largest absolute Gasteiger partial charge is 0.497 e. The van der Waals surface area contributed by atoms with E-state index in [1.165, 1.54) is 38.0 Å². The Morgan fingerprint density at radius 2 is 1.80 bits per heavy atom. The maximum absolute atomic E-state index is 14.4. The van der Waals surface area contributed by atoms with Gasteiger partial charge in [0.15, 0.2) is 0 Å². The molecule has 0 saturated carbocycles. The summed E-state index contributed by atoms with van der Waals surface area (Å²) in [5.74, 6) is -4.67. The van der Waals surface area contributed by atoms with Crippen LogP contribution in [-0.4, -0.2) is 27.8 Å². The van der Waals surface area contributed by atoms with Crippen LogP contribution in [0.15, 0.2) is 61.2 Å². The second-order valence-corrected chi connectivity index (χ2v) is 5.18. The first-order valence-corrected chi connectivity index (χ1v) is 7.29. The summed E-state index contributed by atoms with van der Waals surface area (Å²) in [6.07, 6.45) is 2.93. The maximum atomic E-state index is 14.4. The Balaban J connectivity index is 1.80. The van der Waals surface area contributed by atoms with Crippen molar-refractivity contribution >= 4 is 11.6 Å². The number of aromatic nitrogens is 3. The van der Waals surface area contributed by atoms with Crippen molar-refractivity contribution in [3.8, 4) is 11.4 Å². The Kier molecular flexibility index (Phi) is 4.42. The molecule has 0 spiro atoms. The van der Waals surface area contributed by atoms with Gasteiger partial charge in [-0.15, -0.1) is 10.2 Å². The fourth-order valence-electron chi connectivity index (χ4n) is 2.22. The van der Waals surface area contributed by atoms with Crippen molar-refractivity contribution in [2.24, 2.45) is 0 Å². The molecule has 25 heavy (non-hydrogen) atoms. The third-order valence-corrected chi connectivity index (χ3v) is 3.56. The van der Waals surface area contributed by atoms with Crippen LogP contribution in [0, 0.1) is 0 Å². The summed E-state index contributed by atoms with van der Waals surface area (Å²) in [5, 5.41) is 9.59. The zero-order chi connectivity index (χ0) is 17.9. The highest BCUT2D eigenvalue weighted by molar-refractivity contribution is 5.96. The summed E-state index contributed by atoms with van der Waals surface area (Å²) < 4.78 is 35.3. The van der Waals surface area contributed by atoms with Crippen molar-refractivity contribution in [2.75, 3.05) is 12.4 Å². The lowest BCUT2D eigenvalue weighted by atomic mass is 10.1. The van der Waals surface area contributed by atoms with E-state index in [9.17, 15) is 13.6 Å². The van der Waals surface area contributed by atoms with Crippen molar-refractivity contribution in [2.45, 2.75) is 5.92 Å². The fraction of sp³-hybridized carbons (Fsp3) is 0.118. The monoisotopic (exact) mass is 344 g/mol. The maximum Gasteiger partial charge on any atom is 0.350 e. The number of carbonyl (C=O) groups excluding carboxylic acids is 1. The summed E-state index contributed by atoms with van der Waals surface area (Å²) in [4.78, 5) is 12.1. The molecule has 128 valence electrons. The van der Waals surface area contributed by atoms with E-state index in [1.807, 2.05) is 0 Å². The van der Waals surface area contributed by atoms with Gasteiger partial charge in [0.25, 0.3) is 5.91 Å². The van der Waals surface area contributed by atoms with Crippen molar-refractivity contribution in [1.29, 1.82) is 0 Å². The molecular formula is C17H14F2N4O2. The zero-order valence-corrected chi connectivity index (χ0v) is 13.2. The third kappa shape index (κ3) is 3.47. The van der Waals surface area contributed by atoms with Gasteiger partial charge in [-0.1, -0.05) is 6.07 Å². The zero-order valence-electron chi connectivity index (χ0n) is 13.2. The lowest BCUT2D eigenvalue weighted by Gasteiger charge is -2.17. The van der Waals surface area contributed by atoms with Gasteiger partial charge in [0.2, 0.25) is 0 Å². The standard InChI is InChI=1S/C17H14F2N4O2/c1-25-15-7-5-12(6-8-15)17(18,19)16(24)22-13-3-2-4-14(9-13)23-10-20-21-11-23/h2-11H,1H3,(H,22,24). The van der Waals surface area contributed by atoms with Crippen LogP contribution >= 0.6 is 0 Å². The molecule has 6 nitrogen and oxygen atoms in total. The van der Waals surface area contributed by atoms with E-state index in [0.717, 1.165) is 12.1 Å². The van der Waals surface area contributed by atoms with E-state index in [0.29, 0.717) is 11.4 Å². The van der Waals surface area contributed by atoms with Crippen LogP contribution < -0.4 is 10.1 Å². The first-order valence-electron chi connectivity index (χ1n) is 7.29. The molecule has 0 unspecified atom stereocenters. The van der Waals surface area contributed by atoms with Crippen LogP contribution in [0.2, 0.25) is 0 Å². The second kappa shape index (κ2) is 6.68. The Hall–Kier alpha value is -3.29. The smallest absolute Gasteiger partial charge is 0.350 e. The van der Waals surface area contributed by atoms with Gasteiger partial charge < -0.3 is 10.1 Å². The van der Waals surface area contributed by atoms with Crippen molar-refractivity contribution < 1.29 is 18.3 Å². The average molecular weight is 344 g/mol. The molecule has 0 bridgehead atoms. The topological polar surface area (TPSA) is 69.0 Å². The van der Waals surface area contributed by atoms with Gasteiger partial charge in [-0.25, -0.2) is 0 Å². The molecule has 3 rings (SSSR count). The van der Waals surface area contributed by atoms with E-state index in [-0.39, 0.29) is 5.69 Å². The molecule has 3 aromatic rings. The Morgan fingerprint density at radius 3 is 2.44 bits per heavy atom. The number of nitrogens with zero attached hydrogens (tertiary/aromatic N) is 3. The van der Waals surface area contributed by atoms with Crippen molar-refractivity contribution in [3.05, 3.63) is 66.7 Å². The van der Waals surface area contributed by atoms with E-state index in [2.05, 4.69) is 15.5 Å². The summed E-state index contributed by atoms with van der Waals surface area (Å²) in [5.41, 5.74) is 0.459. The number of amides is 1. The van der Waals surface area contributed by atoms with Gasteiger partial charge in [0.1, 0.15) is 18.4 Å². The number of benzene rings is 2. The minimum atomic E-state index is -3.68. The summed E-state index contributed by atoms with van der Waals surface area (Å²) in [6, 6.07) is 11.5. The number of rotatable bonds is 5. The van der Waals surface area contributed by atoms with Gasteiger partial charge >= 0.3 is 5.92 Å². The molecular weight excluding hydrogens is 330 g/mol. The number of alkyl halides is 2. The number of carbonyl (C=O) groups is 1. The van der Waals surface area contributed by atoms with Gasteiger partial charge in [-0.2, -0.15) is 8.78 Å². The minimum absolute atomic E-state index is 0.240. The third-order valence-electron chi connectivity index (χ3n) is 3.56. The predicted molar refractivity (Wildman–Crippen MR) is 86.9 cm³/mol.